The molecule has 30 heavy (non-hydrogen) atoms. The van der Waals surface area contributed by atoms with Crippen molar-refractivity contribution in [3.05, 3.63) is 52.9 Å². The molecule has 1 aliphatic carbocycles. The Hall–Kier alpha value is -2.31. The average Bonchev–Trinajstić information content (AvgIpc) is 3.19. The summed E-state index contributed by atoms with van der Waals surface area (Å²) in [5.74, 6) is 1.53. The van der Waals surface area contributed by atoms with Crippen molar-refractivity contribution in [2.24, 2.45) is 11.8 Å². The Morgan fingerprint density at radius 3 is 2.77 bits per heavy atom. The van der Waals surface area contributed by atoms with Crippen LogP contribution in [0.5, 0.6) is 0 Å². The van der Waals surface area contributed by atoms with Gasteiger partial charge >= 0.3 is 0 Å². The average molecular weight is 423 g/mol. The van der Waals surface area contributed by atoms with Crippen LogP contribution >= 0.6 is 11.3 Å². The van der Waals surface area contributed by atoms with Crippen LogP contribution in [0.2, 0.25) is 0 Å². The third kappa shape index (κ3) is 4.55. The van der Waals surface area contributed by atoms with E-state index >= 15 is 0 Å². The van der Waals surface area contributed by atoms with Gasteiger partial charge in [0.15, 0.2) is 0 Å². The molecule has 4 rings (SSSR count). The van der Waals surface area contributed by atoms with Gasteiger partial charge in [-0.2, -0.15) is 0 Å². The van der Waals surface area contributed by atoms with E-state index < -0.39 is 5.60 Å². The maximum Gasteiger partial charge on any atom is 0.227 e. The molecular weight excluding hydrogens is 392 g/mol. The van der Waals surface area contributed by atoms with Gasteiger partial charge in [-0.05, 0) is 74.8 Å². The summed E-state index contributed by atoms with van der Waals surface area (Å²) in [7, 11) is 0. The van der Waals surface area contributed by atoms with Crippen molar-refractivity contribution in [1.29, 1.82) is 0 Å². The number of hydrogen-bond donors (Lipinski definition) is 2. The molecule has 158 valence electrons. The van der Waals surface area contributed by atoms with Gasteiger partial charge in [0.1, 0.15) is 10.6 Å². The summed E-state index contributed by atoms with van der Waals surface area (Å²) in [4.78, 5) is 14.4. The van der Waals surface area contributed by atoms with Crippen LogP contribution in [-0.4, -0.2) is 20.1 Å². The second-order valence-corrected chi connectivity index (χ2v) is 9.91. The number of aliphatic hydroxyl groups is 1. The molecule has 0 unspecified atom stereocenters. The number of hydrogen-bond acceptors (Lipinski definition) is 6. The number of benzene rings is 1. The minimum atomic E-state index is -0.877. The van der Waals surface area contributed by atoms with E-state index in [1.54, 1.807) is 17.5 Å². The van der Waals surface area contributed by atoms with Crippen molar-refractivity contribution in [3.63, 3.8) is 0 Å². The second kappa shape index (κ2) is 8.44. The van der Waals surface area contributed by atoms with Crippen LogP contribution < -0.4 is 5.32 Å². The zero-order chi connectivity index (χ0) is 21.3. The lowest BCUT2D eigenvalue weighted by Crippen LogP contribution is -2.34. The number of aryl methyl sites for hydroxylation is 2. The Morgan fingerprint density at radius 2 is 2.00 bits per heavy atom. The Balaban J connectivity index is 1.59. The molecule has 5 nitrogen and oxygen atoms in total. The summed E-state index contributed by atoms with van der Waals surface area (Å²) in [6, 6.07) is 8.20. The molecule has 0 bridgehead atoms. The molecular formula is C24H30N4OS. The number of anilines is 2. The van der Waals surface area contributed by atoms with E-state index in [0.29, 0.717) is 11.9 Å². The van der Waals surface area contributed by atoms with Gasteiger partial charge in [0, 0.05) is 23.8 Å². The van der Waals surface area contributed by atoms with Gasteiger partial charge in [0.2, 0.25) is 5.95 Å². The van der Waals surface area contributed by atoms with Crippen LogP contribution in [0.25, 0.3) is 10.4 Å². The normalized spacial score (nSPS) is 21.2. The maximum atomic E-state index is 11.3. The molecule has 0 spiro atoms. The SMILES string of the molecule is Cc1cc(Nc2nccc(C)n2)cc(-c2cnc([C@](C)(O)[C@@H]3CCC[C@H](C)C3)s2)c1. The summed E-state index contributed by atoms with van der Waals surface area (Å²) in [6.45, 7) is 8.25. The first-order valence-electron chi connectivity index (χ1n) is 10.7. The Labute approximate surface area is 182 Å². The lowest BCUT2D eigenvalue weighted by Gasteiger charge is -2.36. The van der Waals surface area contributed by atoms with Gasteiger partial charge in [-0.1, -0.05) is 25.8 Å². The molecule has 3 aromatic rings. The van der Waals surface area contributed by atoms with E-state index in [-0.39, 0.29) is 5.92 Å². The van der Waals surface area contributed by atoms with Crippen molar-refractivity contribution in [2.45, 2.75) is 59.0 Å². The number of rotatable bonds is 5. The first-order chi connectivity index (χ1) is 14.3. The fourth-order valence-corrected chi connectivity index (χ4v) is 5.42. The van der Waals surface area contributed by atoms with Crippen molar-refractivity contribution in [3.8, 4) is 10.4 Å². The van der Waals surface area contributed by atoms with Gasteiger partial charge in [-0.25, -0.2) is 15.0 Å². The molecule has 1 fully saturated rings. The third-order valence-electron chi connectivity index (χ3n) is 6.08. The van der Waals surface area contributed by atoms with Crippen LogP contribution in [0.3, 0.4) is 0 Å². The molecule has 0 radical (unpaired) electrons. The summed E-state index contributed by atoms with van der Waals surface area (Å²) < 4.78 is 0. The second-order valence-electron chi connectivity index (χ2n) is 8.88. The zero-order valence-corrected chi connectivity index (χ0v) is 19.0. The predicted octanol–water partition coefficient (Wildman–Crippen LogP) is 5.99. The molecule has 2 aromatic heterocycles. The molecule has 0 saturated heterocycles. The fraction of sp³-hybridized carbons (Fsp3) is 0.458. The molecule has 6 heteroatoms. The smallest absolute Gasteiger partial charge is 0.227 e. The first kappa shape index (κ1) is 20.9. The largest absolute Gasteiger partial charge is 0.383 e. The fourth-order valence-electron chi connectivity index (χ4n) is 4.40. The number of nitrogens with zero attached hydrogens (tertiary/aromatic N) is 3. The summed E-state index contributed by atoms with van der Waals surface area (Å²) in [6.07, 6.45) is 8.24. The monoisotopic (exact) mass is 422 g/mol. The van der Waals surface area contributed by atoms with Gasteiger partial charge in [-0.15, -0.1) is 11.3 Å². The number of aromatic nitrogens is 3. The van der Waals surface area contributed by atoms with Crippen LogP contribution in [0.4, 0.5) is 11.6 Å². The van der Waals surface area contributed by atoms with Crippen LogP contribution in [0, 0.1) is 25.7 Å². The summed E-state index contributed by atoms with van der Waals surface area (Å²) in [5, 5.41) is 15.5. The predicted molar refractivity (Wildman–Crippen MR) is 123 cm³/mol. The summed E-state index contributed by atoms with van der Waals surface area (Å²) >= 11 is 1.59. The van der Waals surface area contributed by atoms with E-state index in [2.05, 4.69) is 52.3 Å². The minimum absolute atomic E-state index is 0.272. The molecule has 3 atom stereocenters. The lowest BCUT2D eigenvalue weighted by molar-refractivity contribution is -0.0295. The van der Waals surface area contributed by atoms with Crippen molar-refractivity contribution in [2.75, 3.05) is 5.32 Å². The molecule has 1 saturated carbocycles. The summed E-state index contributed by atoms with van der Waals surface area (Å²) in [5.41, 5.74) is 3.22. The van der Waals surface area contributed by atoms with Gasteiger partial charge in [0.05, 0.1) is 4.88 Å². The molecule has 2 N–H and O–H groups in total. The highest BCUT2D eigenvalue weighted by atomic mass is 32.1. The van der Waals surface area contributed by atoms with Crippen LogP contribution in [-0.2, 0) is 5.60 Å². The Morgan fingerprint density at radius 1 is 1.17 bits per heavy atom. The van der Waals surface area contributed by atoms with E-state index in [9.17, 15) is 5.11 Å². The molecule has 1 aromatic carbocycles. The van der Waals surface area contributed by atoms with E-state index in [4.69, 9.17) is 0 Å². The molecule has 2 heterocycles. The Kier molecular flexibility index (Phi) is 5.89. The first-order valence-corrected chi connectivity index (χ1v) is 11.5. The third-order valence-corrected chi connectivity index (χ3v) is 7.36. The Bertz CT molecular complexity index is 1030. The van der Waals surface area contributed by atoms with Gasteiger partial charge < -0.3 is 10.4 Å². The standard InChI is InChI=1S/C24H30N4OS/c1-15-6-5-7-19(11-15)24(4,29)22-26-14-21(30-22)18-10-16(2)12-20(13-18)28-23-25-9-8-17(3)27-23/h8-10,12-15,19,29H,5-7,11H2,1-4H3,(H,25,27,28)/t15-,19+,24+/m0/s1. The van der Waals surface area contributed by atoms with Crippen molar-refractivity contribution in [1.82, 2.24) is 15.0 Å². The van der Waals surface area contributed by atoms with E-state index in [0.717, 1.165) is 45.2 Å². The minimum Gasteiger partial charge on any atom is -0.383 e. The lowest BCUT2D eigenvalue weighted by atomic mass is 9.74. The number of nitrogens with one attached hydrogen (secondary N) is 1. The molecule has 0 aliphatic heterocycles. The van der Waals surface area contributed by atoms with E-state index in [1.165, 1.54) is 12.8 Å². The van der Waals surface area contributed by atoms with E-state index in [1.807, 2.05) is 26.1 Å². The highest BCUT2D eigenvalue weighted by Crippen LogP contribution is 2.43. The zero-order valence-electron chi connectivity index (χ0n) is 18.1. The topological polar surface area (TPSA) is 70.9 Å². The molecule has 0 amide bonds. The van der Waals surface area contributed by atoms with Gasteiger partial charge in [-0.3, -0.25) is 0 Å². The van der Waals surface area contributed by atoms with Crippen LogP contribution in [0.1, 0.15) is 55.8 Å². The number of thiazole rings is 1. The van der Waals surface area contributed by atoms with Gasteiger partial charge in [0.25, 0.3) is 0 Å². The highest BCUT2D eigenvalue weighted by molar-refractivity contribution is 7.15. The van der Waals surface area contributed by atoms with Crippen molar-refractivity contribution >= 4 is 23.0 Å². The maximum absolute atomic E-state index is 11.3. The van der Waals surface area contributed by atoms with Crippen molar-refractivity contribution < 1.29 is 5.11 Å². The highest BCUT2D eigenvalue weighted by Gasteiger charge is 2.38. The molecule has 1 aliphatic rings. The quantitative estimate of drug-likeness (QED) is 0.528. The van der Waals surface area contributed by atoms with Crippen LogP contribution in [0.15, 0.2) is 36.7 Å².